The Bertz CT molecular complexity index is 334. The SMILES string of the molecule is CCC1CN(CC(C)c2ccccc2)CC1CC. The standard InChI is InChI=1S/C17H27N/c1-4-15-12-18(13-16(15)5-2)11-14(3)17-9-7-6-8-10-17/h6-10,14-16H,4-5,11-13H2,1-3H3. The monoisotopic (exact) mass is 245 g/mol. The fourth-order valence-corrected chi connectivity index (χ4v) is 3.38. The van der Waals surface area contributed by atoms with Crippen LogP contribution in [0, 0.1) is 11.8 Å². The maximum atomic E-state index is 2.68. The summed E-state index contributed by atoms with van der Waals surface area (Å²) in [6.45, 7) is 10.9. The van der Waals surface area contributed by atoms with Crippen LogP contribution in [0.4, 0.5) is 0 Å². The molecule has 1 nitrogen and oxygen atoms in total. The Morgan fingerprint density at radius 1 is 1.06 bits per heavy atom. The molecule has 0 N–H and O–H groups in total. The van der Waals surface area contributed by atoms with E-state index < -0.39 is 0 Å². The molecule has 0 saturated carbocycles. The highest BCUT2D eigenvalue weighted by atomic mass is 15.2. The average molecular weight is 245 g/mol. The molecule has 3 atom stereocenters. The van der Waals surface area contributed by atoms with Gasteiger partial charge < -0.3 is 4.90 Å². The summed E-state index contributed by atoms with van der Waals surface area (Å²) in [5.41, 5.74) is 1.48. The van der Waals surface area contributed by atoms with Crippen molar-refractivity contribution in [3.05, 3.63) is 35.9 Å². The minimum Gasteiger partial charge on any atom is -0.302 e. The van der Waals surface area contributed by atoms with E-state index >= 15 is 0 Å². The first-order chi connectivity index (χ1) is 8.74. The molecule has 1 aromatic carbocycles. The Morgan fingerprint density at radius 2 is 1.61 bits per heavy atom. The molecule has 1 heteroatoms. The smallest absolute Gasteiger partial charge is 0.00478 e. The lowest BCUT2D eigenvalue weighted by Crippen LogP contribution is -2.25. The minimum absolute atomic E-state index is 0.652. The van der Waals surface area contributed by atoms with Crippen molar-refractivity contribution >= 4 is 0 Å². The summed E-state index contributed by atoms with van der Waals surface area (Å²) in [5.74, 6) is 2.51. The van der Waals surface area contributed by atoms with Gasteiger partial charge in [-0.15, -0.1) is 0 Å². The number of likely N-dealkylation sites (tertiary alicyclic amines) is 1. The van der Waals surface area contributed by atoms with Gasteiger partial charge in [0, 0.05) is 19.6 Å². The molecule has 3 unspecified atom stereocenters. The van der Waals surface area contributed by atoms with Gasteiger partial charge in [0.1, 0.15) is 0 Å². The molecule has 0 aromatic heterocycles. The van der Waals surface area contributed by atoms with E-state index in [1.165, 1.54) is 38.0 Å². The van der Waals surface area contributed by atoms with Crippen LogP contribution in [0.5, 0.6) is 0 Å². The molecule has 1 saturated heterocycles. The van der Waals surface area contributed by atoms with Gasteiger partial charge in [-0.3, -0.25) is 0 Å². The molecular weight excluding hydrogens is 218 g/mol. The van der Waals surface area contributed by atoms with Gasteiger partial charge in [-0.25, -0.2) is 0 Å². The Balaban J connectivity index is 1.91. The lowest BCUT2D eigenvalue weighted by atomic mass is 9.92. The molecule has 0 spiro atoms. The van der Waals surface area contributed by atoms with E-state index in [0.717, 1.165) is 11.8 Å². The molecule has 0 radical (unpaired) electrons. The molecule has 100 valence electrons. The van der Waals surface area contributed by atoms with Gasteiger partial charge in [-0.05, 0) is 23.3 Å². The number of benzene rings is 1. The van der Waals surface area contributed by atoms with Crippen LogP contribution < -0.4 is 0 Å². The van der Waals surface area contributed by atoms with Gasteiger partial charge in [0.2, 0.25) is 0 Å². The van der Waals surface area contributed by atoms with Crippen LogP contribution >= 0.6 is 0 Å². The van der Waals surface area contributed by atoms with Crippen molar-refractivity contribution in [1.29, 1.82) is 0 Å². The quantitative estimate of drug-likeness (QED) is 0.753. The first-order valence-electron chi connectivity index (χ1n) is 7.51. The second-order valence-electron chi connectivity index (χ2n) is 5.87. The summed E-state index contributed by atoms with van der Waals surface area (Å²) in [7, 11) is 0. The molecule has 0 aliphatic carbocycles. The molecule has 1 aliphatic heterocycles. The fourth-order valence-electron chi connectivity index (χ4n) is 3.38. The van der Waals surface area contributed by atoms with Gasteiger partial charge in [0.15, 0.2) is 0 Å². The topological polar surface area (TPSA) is 3.24 Å². The van der Waals surface area contributed by atoms with E-state index in [1.807, 2.05) is 0 Å². The van der Waals surface area contributed by atoms with Gasteiger partial charge in [-0.1, -0.05) is 63.9 Å². The molecule has 0 bridgehead atoms. The van der Waals surface area contributed by atoms with E-state index in [2.05, 4.69) is 56.0 Å². The highest BCUT2D eigenvalue weighted by Gasteiger charge is 2.30. The predicted molar refractivity (Wildman–Crippen MR) is 78.9 cm³/mol. The van der Waals surface area contributed by atoms with Crippen molar-refractivity contribution in [2.24, 2.45) is 11.8 Å². The summed E-state index contributed by atoms with van der Waals surface area (Å²) >= 11 is 0. The number of rotatable bonds is 5. The second-order valence-corrected chi connectivity index (χ2v) is 5.87. The lowest BCUT2D eigenvalue weighted by molar-refractivity contribution is 0.303. The van der Waals surface area contributed by atoms with E-state index in [9.17, 15) is 0 Å². The van der Waals surface area contributed by atoms with Crippen molar-refractivity contribution in [3.63, 3.8) is 0 Å². The van der Waals surface area contributed by atoms with Crippen molar-refractivity contribution in [1.82, 2.24) is 4.90 Å². The second kappa shape index (κ2) is 6.38. The highest BCUT2D eigenvalue weighted by Crippen LogP contribution is 2.30. The van der Waals surface area contributed by atoms with Crippen LogP contribution in [-0.4, -0.2) is 24.5 Å². The van der Waals surface area contributed by atoms with E-state index in [-0.39, 0.29) is 0 Å². The summed E-state index contributed by atoms with van der Waals surface area (Å²) < 4.78 is 0. The van der Waals surface area contributed by atoms with Crippen molar-refractivity contribution in [2.75, 3.05) is 19.6 Å². The first kappa shape index (κ1) is 13.6. The van der Waals surface area contributed by atoms with E-state index in [0.29, 0.717) is 5.92 Å². The lowest BCUT2D eigenvalue weighted by Gasteiger charge is -2.21. The van der Waals surface area contributed by atoms with Gasteiger partial charge in [0.05, 0.1) is 0 Å². The molecule has 18 heavy (non-hydrogen) atoms. The Kier molecular flexibility index (Phi) is 4.82. The number of hydrogen-bond donors (Lipinski definition) is 0. The maximum absolute atomic E-state index is 2.68. The predicted octanol–water partition coefficient (Wildman–Crippen LogP) is 4.16. The highest BCUT2D eigenvalue weighted by molar-refractivity contribution is 5.19. The average Bonchev–Trinajstić information content (AvgIpc) is 2.81. The Labute approximate surface area is 112 Å². The number of nitrogens with zero attached hydrogens (tertiary/aromatic N) is 1. The van der Waals surface area contributed by atoms with Gasteiger partial charge in [-0.2, -0.15) is 0 Å². The fraction of sp³-hybridized carbons (Fsp3) is 0.647. The van der Waals surface area contributed by atoms with Crippen molar-refractivity contribution in [3.8, 4) is 0 Å². The van der Waals surface area contributed by atoms with Crippen molar-refractivity contribution in [2.45, 2.75) is 39.5 Å². The normalized spacial score (nSPS) is 26.4. The zero-order chi connectivity index (χ0) is 13.0. The summed E-state index contributed by atoms with van der Waals surface area (Å²) in [6, 6.07) is 10.9. The molecular formula is C17H27N. The minimum atomic E-state index is 0.652. The summed E-state index contributed by atoms with van der Waals surface area (Å²) in [4.78, 5) is 2.68. The Morgan fingerprint density at radius 3 is 2.11 bits per heavy atom. The van der Waals surface area contributed by atoms with Crippen LogP contribution in [-0.2, 0) is 0 Å². The molecule has 0 amide bonds. The van der Waals surface area contributed by atoms with Crippen LogP contribution in [0.1, 0.15) is 45.1 Å². The summed E-state index contributed by atoms with van der Waals surface area (Å²) in [5, 5.41) is 0. The summed E-state index contributed by atoms with van der Waals surface area (Å²) in [6.07, 6.45) is 2.68. The third-order valence-corrected chi connectivity index (χ3v) is 4.60. The zero-order valence-corrected chi connectivity index (χ0v) is 12.1. The molecule has 1 aromatic rings. The third kappa shape index (κ3) is 3.14. The Hall–Kier alpha value is -0.820. The molecule has 1 heterocycles. The van der Waals surface area contributed by atoms with Gasteiger partial charge >= 0.3 is 0 Å². The number of hydrogen-bond acceptors (Lipinski definition) is 1. The third-order valence-electron chi connectivity index (χ3n) is 4.60. The van der Waals surface area contributed by atoms with Gasteiger partial charge in [0.25, 0.3) is 0 Å². The van der Waals surface area contributed by atoms with Crippen LogP contribution in [0.2, 0.25) is 0 Å². The van der Waals surface area contributed by atoms with Crippen LogP contribution in [0.25, 0.3) is 0 Å². The van der Waals surface area contributed by atoms with E-state index in [1.54, 1.807) is 0 Å². The molecule has 2 rings (SSSR count). The molecule has 1 fully saturated rings. The van der Waals surface area contributed by atoms with E-state index in [4.69, 9.17) is 0 Å². The zero-order valence-electron chi connectivity index (χ0n) is 12.1. The van der Waals surface area contributed by atoms with Crippen LogP contribution in [0.3, 0.4) is 0 Å². The maximum Gasteiger partial charge on any atom is 0.00478 e. The first-order valence-corrected chi connectivity index (χ1v) is 7.51. The molecule has 1 aliphatic rings. The van der Waals surface area contributed by atoms with Crippen LogP contribution in [0.15, 0.2) is 30.3 Å². The largest absolute Gasteiger partial charge is 0.302 e. The van der Waals surface area contributed by atoms with Crippen molar-refractivity contribution < 1.29 is 0 Å².